The van der Waals surface area contributed by atoms with E-state index in [1.165, 1.54) is 24.5 Å². The van der Waals surface area contributed by atoms with Crippen LogP contribution in [-0.2, 0) is 27.3 Å². The predicted molar refractivity (Wildman–Crippen MR) is 102 cm³/mol. The molecular weight excluding hydrogens is 364 g/mol. The Morgan fingerprint density at radius 2 is 2.37 bits per heavy atom. The SMILES string of the molecule is COCC(=O)N1CCc2c(sc(NC(=O)C=Cc3cccnc3)c2C#N)C1. The van der Waals surface area contributed by atoms with Gasteiger partial charge in [-0.1, -0.05) is 6.07 Å². The van der Waals surface area contributed by atoms with Crippen LogP contribution in [0, 0.1) is 11.3 Å². The number of hydrogen-bond donors (Lipinski definition) is 1. The number of hydrogen-bond acceptors (Lipinski definition) is 6. The first-order valence-electron chi connectivity index (χ1n) is 8.32. The van der Waals surface area contributed by atoms with E-state index in [2.05, 4.69) is 16.4 Å². The lowest BCUT2D eigenvalue weighted by Crippen LogP contribution is -2.37. The minimum absolute atomic E-state index is 0.0363. The zero-order chi connectivity index (χ0) is 19.2. The third kappa shape index (κ3) is 4.39. The number of nitriles is 1. The monoisotopic (exact) mass is 382 g/mol. The molecule has 3 rings (SSSR count). The molecule has 0 saturated heterocycles. The molecule has 1 aliphatic rings. The van der Waals surface area contributed by atoms with Gasteiger partial charge in [-0.25, -0.2) is 0 Å². The van der Waals surface area contributed by atoms with Gasteiger partial charge in [0, 0.05) is 37.0 Å². The third-order valence-electron chi connectivity index (χ3n) is 4.14. The molecule has 0 radical (unpaired) electrons. The second kappa shape index (κ2) is 8.58. The second-order valence-corrected chi connectivity index (χ2v) is 7.03. The van der Waals surface area contributed by atoms with Crippen molar-refractivity contribution in [1.82, 2.24) is 9.88 Å². The number of nitrogens with one attached hydrogen (secondary N) is 1. The minimum atomic E-state index is -0.318. The Morgan fingerprint density at radius 3 is 3.07 bits per heavy atom. The maximum Gasteiger partial charge on any atom is 0.249 e. The summed E-state index contributed by atoms with van der Waals surface area (Å²) in [6, 6.07) is 5.81. The lowest BCUT2D eigenvalue weighted by molar-refractivity contribution is -0.136. The van der Waals surface area contributed by atoms with Gasteiger partial charge >= 0.3 is 0 Å². The van der Waals surface area contributed by atoms with E-state index < -0.39 is 0 Å². The van der Waals surface area contributed by atoms with Crippen molar-refractivity contribution in [3.8, 4) is 6.07 Å². The van der Waals surface area contributed by atoms with Gasteiger partial charge in [-0.2, -0.15) is 5.26 Å². The quantitative estimate of drug-likeness (QED) is 0.800. The summed E-state index contributed by atoms with van der Waals surface area (Å²) in [4.78, 5) is 30.9. The number of rotatable bonds is 5. The average Bonchev–Trinajstić information content (AvgIpc) is 3.03. The smallest absolute Gasteiger partial charge is 0.249 e. The Balaban J connectivity index is 1.74. The minimum Gasteiger partial charge on any atom is -0.375 e. The molecule has 1 aliphatic heterocycles. The molecule has 0 aromatic carbocycles. The van der Waals surface area contributed by atoms with Crippen LogP contribution in [0.3, 0.4) is 0 Å². The van der Waals surface area contributed by atoms with Crippen LogP contribution >= 0.6 is 11.3 Å². The summed E-state index contributed by atoms with van der Waals surface area (Å²) in [6.45, 7) is 1.00. The fourth-order valence-electron chi connectivity index (χ4n) is 2.84. The van der Waals surface area contributed by atoms with Gasteiger partial charge in [0.25, 0.3) is 0 Å². The average molecular weight is 382 g/mol. The number of methoxy groups -OCH3 is 1. The molecule has 0 bridgehead atoms. The molecule has 0 fully saturated rings. The van der Waals surface area contributed by atoms with E-state index in [1.807, 2.05) is 6.07 Å². The molecule has 0 aliphatic carbocycles. The van der Waals surface area contributed by atoms with E-state index >= 15 is 0 Å². The van der Waals surface area contributed by atoms with Crippen LogP contribution in [0.2, 0.25) is 0 Å². The summed E-state index contributed by atoms with van der Waals surface area (Å²) < 4.78 is 4.90. The highest BCUT2D eigenvalue weighted by molar-refractivity contribution is 7.16. The molecule has 8 heteroatoms. The summed E-state index contributed by atoms with van der Waals surface area (Å²) in [5, 5.41) is 12.8. The van der Waals surface area contributed by atoms with Crippen LogP contribution in [0.1, 0.15) is 21.6 Å². The van der Waals surface area contributed by atoms with E-state index in [0.29, 0.717) is 30.1 Å². The number of anilines is 1. The highest BCUT2D eigenvalue weighted by atomic mass is 32.1. The molecule has 0 spiro atoms. The van der Waals surface area contributed by atoms with Gasteiger partial charge < -0.3 is 15.0 Å². The van der Waals surface area contributed by atoms with Gasteiger partial charge in [-0.3, -0.25) is 14.6 Å². The Kier molecular flexibility index (Phi) is 5.96. The van der Waals surface area contributed by atoms with Gasteiger partial charge in [-0.05, 0) is 29.7 Å². The molecule has 0 saturated carbocycles. The fraction of sp³-hybridized carbons (Fsp3) is 0.263. The zero-order valence-electron chi connectivity index (χ0n) is 14.8. The molecule has 7 nitrogen and oxygen atoms in total. The molecule has 3 heterocycles. The van der Waals surface area contributed by atoms with E-state index in [1.54, 1.807) is 29.4 Å². The number of ether oxygens (including phenoxy) is 1. The third-order valence-corrected chi connectivity index (χ3v) is 5.27. The second-order valence-electron chi connectivity index (χ2n) is 5.93. The van der Waals surface area contributed by atoms with E-state index in [9.17, 15) is 14.9 Å². The summed E-state index contributed by atoms with van der Waals surface area (Å²) in [6.07, 6.45) is 6.97. The first kappa shape index (κ1) is 18.8. The first-order valence-corrected chi connectivity index (χ1v) is 9.14. The molecule has 138 valence electrons. The Morgan fingerprint density at radius 1 is 1.52 bits per heavy atom. The number of thiophene rings is 1. The largest absolute Gasteiger partial charge is 0.375 e. The van der Waals surface area contributed by atoms with Crippen molar-refractivity contribution >= 4 is 34.2 Å². The topological polar surface area (TPSA) is 95.3 Å². The van der Waals surface area contributed by atoms with Crippen LogP contribution < -0.4 is 5.32 Å². The van der Waals surface area contributed by atoms with Crippen LogP contribution in [-0.4, -0.2) is 42.0 Å². The number of amides is 2. The highest BCUT2D eigenvalue weighted by Crippen LogP contribution is 2.36. The Bertz CT molecular complexity index is 915. The van der Waals surface area contributed by atoms with Gasteiger partial charge in [0.2, 0.25) is 11.8 Å². The molecule has 27 heavy (non-hydrogen) atoms. The van der Waals surface area contributed by atoms with Crippen LogP contribution in [0.15, 0.2) is 30.6 Å². The number of aromatic nitrogens is 1. The molecule has 2 amide bonds. The van der Waals surface area contributed by atoms with Crippen molar-refractivity contribution in [3.63, 3.8) is 0 Å². The standard InChI is InChI=1S/C19H18N4O3S/c1-26-12-18(25)23-8-6-14-15(9-20)19(27-16(14)11-23)22-17(24)5-4-13-3-2-7-21-10-13/h2-5,7,10H,6,8,11-12H2,1H3,(H,22,24). The summed E-state index contributed by atoms with van der Waals surface area (Å²) >= 11 is 1.34. The number of carbonyl (C=O) groups is 2. The van der Waals surface area contributed by atoms with Gasteiger partial charge in [0.1, 0.15) is 17.7 Å². The predicted octanol–water partition coefficient (Wildman–Crippen LogP) is 2.20. The maximum atomic E-state index is 12.2. The Labute approximate surface area is 160 Å². The van der Waals surface area contributed by atoms with Crippen molar-refractivity contribution in [1.29, 1.82) is 5.26 Å². The summed E-state index contributed by atoms with van der Waals surface area (Å²) in [5.41, 5.74) is 2.21. The van der Waals surface area contributed by atoms with Crippen molar-refractivity contribution in [2.24, 2.45) is 0 Å². The fourth-order valence-corrected chi connectivity index (χ4v) is 4.05. The number of fused-ring (bicyclic) bond motifs is 1. The molecule has 0 unspecified atom stereocenters. The molecule has 0 atom stereocenters. The van der Waals surface area contributed by atoms with Crippen molar-refractivity contribution in [2.45, 2.75) is 13.0 Å². The zero-order valence-corrected chi connectivity index (χ0v) is 15.6. The molecular formula is C19H18N4O3S. The van der Waals surface area contributed by atoms with Gasteiger partial charge in [0.05, 0.1) is 12.1 Å². The lowest BCUT2D eigenvalue weighted by Gasteiger charge is -2.26. The summed E-state index contributed by atoms with van der Waals surface area (Å²) in [5.74, 6) is -0.402. The molecule has 2 aromatic heterocycles. The van der Waals surface area contributed by atoms with Crippen LogP contribution in [0.4, 0.5) is 5.00 Å². The number of pyridine rings is 1. The first-order chi connectivity index (χ1) is 13.1. The lowest BCUT2D eigenvalue weighted by atomic mass is 10.0. The summed E-state index contributed by atoms with van der Waals surface area (Å²) in [7, 11) is 1.48. The van der Waals surface area contributed by atoms with Crippen molar-refractivity contribution in [2.75, 3.05) is 25.6 Å². The number of nitrogens with zero attached hydrogens (tertiary/aromatic N) is 3. The maximum absolute atomic E-state index is 12.2. The molecule has 1 N–H and O–H groups in total. The van der Waals surface area contributed by atoms with E-state index in [-0.39, 0.29) is 18.4 Å². The normalized spacial score (nSPS) is 13.3. The van der Waals surface area contributed by atoms with E-state index in [4.69, 9.17) is 4.74 Å². The molecule has 2 aromatic rings. The number of carbonyl (C=O) groups excluding carboxylic acids is 2. The highest BCUT2D eigenvalue weighted by Gasteiger charge is 2.27. The van der Waals surface area contributed by atoms with Gasteiger partial charge in [0.15, 0.2) is 0 Å². The van der Waals surface area contributed by atoms with E-state index in [0.717, 1.165) is 16.0 Å². The van der Waals surface area contributed by atoms with Gasteiger partial charge in [-0.15, -0.1) is 11.3 Å². The van der Waals surface area contributed by atoms with Crippen LogP contribution in [0.25, 0.3) is 6.08 Å². The van der Waals surface area contributed by atoms with Crippen molar-refractivity contribution in [3.05, 3.63) is 52.2 Å². The Hall–Kier alpha value is -3.02. The van der Waals surface area contributed by atoms with Crippen LogP contribution in [0.5, 0.6) is 0 Å². The van der Waals surface area contributed by atoms with Crippen molar-refractivity contribution < 1.29 is 14.3 Å².